The van der Waals surface area contributed by atoms with E-state index < -0.39 is 17.5 Å². The molecule has 2 N–H and O–H groups in total. The summed E-state index contributed by atoms with van der Waals surface area (Å²) in [6.07, 6.45) is 3.15. The molecule has 0 saturated heterocycles. The Morgan fingerprint density at radius 1 is 1.07 bits per heavy atom. The van der Waals surface area contributed by atoms with Crippen LogP contribution in [0.25, 0.3) is 0 Å². The number of anilines is 2. The molecule has 1 aromatic heterocycles. The lowest BCUT2D eigenvalue weighted by molar-refractivity contribution is 0.0926. The third kappa shape index (κ3) is 6.14. The molecule has 0 unspecified atom stereocenters. The van der Waals surface area contributed by atoms with E-state index in [0.717, 1.165) is 43.6 Å². The molecular formula is C19H23Cl2F2N5O. The van der Waals surface area contributed by atoms with Gasteiger partial charge in [0.15, 0.2) is 11.6 Å². The highest BCUT2D eigenvalue weighted by Crippen LogP contribution is 2.23. The maximum Gasteiger partial charge on any atom is 0.251 e. The van der Waals surface area contributed by atoms with Crippen LogP contribution >= 0.6 is 24.0 Å². The lowest BCUT2D eigenvalue weighted by atomic mass is 9.91. The van der Waals surface area contributed by atoms with Gasteiger partial charge in [-0.2, -0.15) is 4.98 Å². The Hall–Kier alpha value is -2.19. The highest BCUT2D eigenvalue weighted by Gasteiger charge is 2.24. The van der Waals surface area contributed by atoms with E-state index in [1.165, 1.54) is 6.07 Å². The molecule has 1 aliphatic rings. The van der Waals surface area contributed by atoms with Gasteiger partial charge in [-0.25, -0.2) is 13.8 Å². The van der Waals surface area contributed by atoms with Crippen molar-refractivity contribution in [3.63, 3.8) is 0 Å². The van der Waals surface area contributed by atoms with Gasteiger partial charge in [0.1, 0.15) is 11.0 Å². The van der Waals surface area contributed by atoms with Gasteiger partial charge in [0.2, 0.25) is 5.95 Å². The maximum atomic E-state index is 13.3. The second-order valence-corrected chi connectivity index (χ2v) is 7.45. The Balaban J connectivity index is 0.00000300. The Kier molecular flexibility index (Phi) is 7.98. The predicted octanol–water partition coefficient (Wildman–Crippen LogP) is 4.05. The fourth-order valence-electron chi connectivity index (χ4n) is 3.17. The predicted molar refractivity (Wildman–Crippen MR) is 112 cm³/mol. The van der Waals surface area contributed by atoms with Gasteiger partial charge >= 0.3 is 0 Å². The van der Waals surface area contributed by atoms with Crippen LogP contribution in [0.15, 0.2) is 24.3 Å². The molecule has 1 saturated carbocycles. The van der Waals surface area contributed by atoms with Crippen molar-refractivity contribution in [3.05, 3.63) is 46.6 Å². The zero-order valence-corrected chi connectivity index (χ0v) is 17.7. The molecule has 0 spiro atoms. The largest absolute Gasteiger partial charge is 0.363 e. The Morgan fingerprint density at radius 3 is 2.34 bits per heavy atom. The van der Waals surface area contributed by atoms with E-state index in [9.17, 15) is 13.6 Å². The molecule has 1 aliphatic carbocycles. The number of rotatable bonds is 5. The van der Waals surface area contributed by atoms with Crippen LogP contribution in [0.2, 0.25) is 5.15 Å². The molecule has 29 heavy (non-hydrogen) atoms. The van der Waals surface area contributed by atoms with Crippen molar-refractivity contribution in [2.45, 2.75) is 37.8 Å². The molecule has 1 amide bonds. The van der Waals surface area contributed by atoms with Gasteiger partial charge in [0, 0.05) is 37.8 Å². The average Bonchev–Trinajstić information content (AvgIpc) is 2.65. The highest BCUT2D eigenvalue weighted by atomic mass is 35.5. The van der Waals surface area contributed by atoms with Crippen molar-refractivity contribution in [2.24, 2.45) is 0 Å². The number of halogens is 4. The van der Waals surface area contributed by atoms with E-state index in [1.807, 2.05) is 19.0 Å². The average molecular weight is 446 g/mol. The van der Waals surface area contributed by atoms with Crippen LogP contribution in [0.1, 0.15) is 36.0 Å². The second-order valence-electron chi connectivity index (χ2n) is 7.06. The van der Waals surface area contributed by atoms with Gasteiger partial charge in [-0.3, -0.25) is 4.79 Å². The number of aromatic nitrogens is 2. The van der Waals surface area contributed by atoms with E-state index in [2.05, 4.69) is 20.6 Å². The number of carbonyl (C=O) groups is 1. The van der Waals surface area contributed by atoms with Gasteiger partial charge in [-0.1, -0.05) is 11.6 Å². The molecule has 0 radical (unpaired) electrons. The summed E-state index contributed by atoms with van der Waals surface area (Å²) in [7, 11) is 3.76. The molecule has 1 aromatic carbocycles. The van der Waals surface area contributed by atoms with E-state index in [-0.39, 0.29) is 30.1 Å². The van der Waals surface area contributed by atoms with Crippen LogP contribution in [-0.2, 0) is 0 Å². The summed E-state index contributed by atoms with van der Waals surface area (Å²) in [5, 5.41) is 6.55. The summed E-state index contributed by atoms with van der Waals surface area (Å²) in [6, 6.07) is 4.99. The number of benzene rings is 1. The molecule has 0 bridgehead atoms. The van der Waals surface area contributed by atoms with Crippen LogP contribution in [0, 0.1) is 11.6 Å². The third-order valence-electron chi connectivity index (χ3n) is 4.72. The molecule has 6 nitrogen and oxygen atoms in total. The van der Waals surface area contributed by atoms with Crippen LogP contribution in [0.5, 0.6) is 0 Å². The van der Waals surface area contributed by atoms with E-state index in [1.54, 1.807) is 6.07 Å². The zero-order chi connectivity index (χ0) is 20.3. The van der Waals surface area contributed by atoms with E-state index >= 15 is 0 Å². The molecule has 1 heterocycles. The maximum absolute atomic E-state index is 13.3. The molecule has 3 rings (SSSR count). The number of nitrogens with zero attached hydrogens (tertiary/aromatic N) is 3. The fourth-order valence-corrected chi connectivity index (χ4v) is 3.35. The first-order valence-electron chi connectivity index (χ1n) is 9.06. The normalized spacial score (nSPS) is 18.5. The monoisotopic (exact) mass is 445 g/mol. The topological polar surface area (TPSA) is 70.2 Å². The third-order valence-corrected chi connectivity index (χ3v) is 4.91. The van der Waals surface area contributed by atoms with Crippen molar-refractivity contribution >= 4 is 41.7 Å². The van der Waals surface area contributed by atoms with Gasteiger partial charge in [-0.05, 0) is 43.9 Å². The van der Waals surface area contributed by atoms with Gasteiger partial charge in [-0.15, -0.1) is 12.4 Å². The van der Waals surface area contributed by atoms with Crippen LogP contribution in [0.4, 0.5) is 20.5 Å². The molecule has 2 aromatic rings. The standard InChI is InChI=1S/C19H22ClF2N5O.ClH/c1-27(2)17-10-16(20)25-19(26-17)24-13-6-4-12(5-7-13)23-18(28)11-3-8-14(21)15(22)9-11;/h3,8-10,12-13H,4-7H2,1-2H3,(H,23,28)(H,24,25,26);1H/t12-,13+;. The quantitative estimate of drug-likeness (QED) is 0.679. The highest BCUT2D eigenvalue weighted by molar-refractivity contribution is 6.29. The Morgan fingerprint density at radius 2 is 1.72 bits per heavy atom. The van der Waals surface area contributed by atoms with Gasteiger partial charge < -0.3 is 15.5 Å². The van der Waals surface area contributed by atoms with Crippen molar-refractivity contribution in [1.29, 1.82) is 0 Å². The van der Waals surface area contributed by atoms with Crippen molar-refractivity contribution in [1.82, 2.24) is 15.3 Å². The minimum absolute atomic E-state index is 0. The minimum Gasteiger partial charge on any atom is -0.363 e. The molecule has 0 aliphatic heterocycles. The van der Waals surface area contributed by atoms with Gasteiger partial charge in [0.05, 0.1) is 0 Å². The first kappa shape index (κ1) is 23.1. The fraction of sp³-hybridized carbons (Fsp3) is 0.421. The lowest BCUT2D eigenvalue weighted by Crippen LogP contribution is -2.40. The molecule has 0 atom stereocenters. The number of nitrogens with one attached hydrogen (secondary N) is 2. The number of carbonyl (C=O) groups excluding carboxylic acids is 1. The Labute approximate surface area is 179 Å². The molecule has 1 fully saturated rings. The summed E-state index contributed by atoms with van der Waals surface area (Å²) in [6.45, 7) is 0. The molecule has 158 valence electrons. The van der Waals surface area contributed by atoms with Gasteiger partial charge in [0.25, 0.3) is 5.91 Å². The first-order valence-corrected chi connectivity index (χ1v) is 9.44. The lowest BCUT2D eigenvalue weighted by Gasteiger charge is -2.30. The van der Waals surface area contributed by atoms with Crippen LogP contribution in [-0.4, -0.2) is 42.1 Å². The zero-order valence-electron chi connectivity index (χ0n) is 16.1. The van der Waals surface area contributed by atoms with Crippen LogP contribution in [0.3, 0.4) is 0 Å². The number of hydrogen-bond donors (Lipinski definition) is 2. The van der Waals surface area contributed by atoms with Crippen molar-refractivity contribution in [3.8, 4) is 0 Å². The van der Waals surface area contributed by atoms with Crippen molar-refractivity contribution in [2.75, 3.05) is 24.3 Å². The summed E-state index contributed by atoms with van der Waals surface area (Å²) in [4.78, 5) is 22.7. The molecular weight excluding hydrogens is 423 g/mol. The minimum atomic E-state index is -1.03. The van der Waals surface area contributed by atoms with Crippen molar-refractivity contribution < 1.29 is 13.6 Å². The number of hydrogen-bond acceptors (Lipinski definition) is 5. The summed E-state index contributed by atoms with van der Waals surface area (Å²) in [5.74, 6) is -1.20. The summed E-state index contributed by atoms with van der Waals surface area (Å²) in [5.41, 5.74) is 0.114. The first-order chi connectivity index (χ1) is 13.3. The SMILES string of the molecule is CN(C)c1cc(Cl)nc(N[C@H]2CC[C@@H](NC(=O)c3ccc(F)c(F)c3)CC2)n1.Cl. The second kappa shape index (κ2) is 10.0. The summed E-state index contributed by atoms with van der Waals surface area (Å²) < 4.78 is 26.3. The number of amides is 1. The summed E-state index contributed by atoms with van der Waals surface area (Å²) >= 11 is 6.06. The molecule has 10 heteroatoms. The van der Waals surface area contributed by atoms with Crippen LogP contribution < -0.4 is 15.5 Å². The van der Waals surface area contributed by atoms with E-state index in [4.69, 9.17) is 11.6 Å². The Bertz CT molecular complexity index is 860. The van der Waals surface area contributed by atoms with E-state index in [0.29, 0.717) is 11.1 Å². The smallest absolute Gasteiger partial charge is 0.251 e.